The molecule has 0 saturated carbocycles. The van der Waals surface area contributed by atoms with Gasteiger partial charge in [0.1, 0.15) is 5.78 Å². The summed E-state index contributed by atoms with van der Waals surface area (Å²) >= 11 is 0. The van der Waals surface area contributed by atoms with Crippen molar-refractivity contribution in [3.63, 3.8) is 0 Å². The fourth-order valence-corrected chi connectivity index (χ4v) is 2.01. The number of carbonyl (C=O) groups excluding carboxylic acids is 1. The molecule has 0 aromatic rings. The van der Waals surface area contributed by atoms with Crippen LogP contribution in [-0.2, 0) is 4.79 Å². The molecule has 0 aliphatic carbocycles. The molecule has 2 atom stereocenters. The van der Waals surface area contributed by atoms with E-state index in [0.29, 0.717) is 5.92 Å². The third-order valence-corrected chi connectivity index (χ3v) is 2.65. The molecule has 0 spiro atoms. The first-order chi connectivity index (χ1) is 5.65. The molecule has 1 aliphatic rings. The fraction of sp³-hybridized carbons (Fsp3) is 0.889. The second kappa shape index (κ2) is 4.01. The smallest absolute Gasteiger partial charge is 0.147 e. The Morgan fingerprint density at radius 1 is 1.67 bits per heavy atom. The summed E-state index contributed by atoms with van der Waals surface area (Å²) in [6.45, 7) is 3.83. The molecule has 1 fully saturated rings. The van der Waals surface area contributed by atoms with Crippen LogP contribution in [0.15, 0.2) is 0 Å². The maximum atomic E-state index is 11.2. The molecule has 1 aliphatic heterocycles. The highest BCUT2D eigenvalue weighted by Gasteiger charge is 2.29. The number of likely N-dealkylation sites (tertiary alicyclic amines) is 1. The topological polar surface area (TPSA) is 32.3 Å². The van der Waals surface area contributed by atoms with Crippen molar-refractivity contribution < 1.29 is 4.79 Å². The van der Waals surface area contributed by atoms with Gasteiger partial charge in [0.15, 0.2) is 0 Å². The Labute approximate surface area is 74.1 Å². The van der Waals surface area contributed by atoms with E-state index in [4.69, 9.17) is 0 Å². The van der Waals surface area contributed by atoms with Gasteiger partial charge >= 0.3 is 0 Å². The van der Waals surface area contributed by atoms with Gasteiger partial charge in [0.2, 0.25) is 0 Å². The number of likely N-dealkylation sites (N-methyl/N-ethyl adjacent to an activating group) is 1. The summed E-state index contributed by atoms with van der Waals surface area (Å²) in [5.41, 5.74) is 0. The zero-order valence-electron chi connectivity index (χ0n) is 8.13. The second-order valence-corrected chi connectivity index (χ2v) is 3.69. The summed E-state index contributed by atoms with van der Waals surface area (Å²) in [4.78, 5) is 13.5. The first-order valence-electron chi connectivity index (χ1n) is 4.51. The molecule has 1 rings (SSSR count). The quantitative estimate of drug-likeness (QED) is 0.652. The average molecular weight is 170 g/mol. The number of ketones is 1. The maximum Gasteiger partial charge on any atom is 0.147 e. The van der Waals surface area contributed by atoms with Crippen molar-refractivity contribution in [3.8, 4) is 0 Å². The van der Waals surface area contributed by atoms with Crippen LogP contribution in [0.1, 0.15) is 13.3 Å². The van der Waals surface area contributed by atoms with Crippen molar-refractivity contribution in [3.05, 3.63) is 0 Å². The Morgan fingerprint density at radius 2 is 2.33 bits per heavy atom. The average Bonchev–Trinajstić information content (AvgIpc) is 2.37. The lowest BCUT2D eigenvalue weighted by Gasteiger charge is -2.19. The van der Waals surface area contributed by atoms with Gasteiger partial charge in [-0.3, -0.25) is 4.79 Å². The molecule has 3 nitrogen and oxygen atoms in total. The summed E-state index contributed by atoms with van der Waals surface area (Å²) < 4.78 is 0. The maximum absolute atomic E-state index is 11.2. The molecule has 1 N–H and O–H groups in total. The van der Waals surface area contributed by atoms with Crippen LogP contribution in [0, 0.1) is 5.92 Å². The molecule has 1 heterocycles. The molecule has 0 aromatic heterocycles. The van der Waals surface area contributed by atoms with Crippen molar-refractivity contribution in [1.82, 2.24) is 10.2 Å². The summed E-state index contributed by atoms with van der Waals surface area (Å²) in [7, 11) is 3.97. The van der Waals surface area contributed by atoms with Crippen LogP contribution in [-0.4, -0.2) is 43.9 Å². The van der Waals surface area contributed by atoms with Crippen LogP contribution in [0.4, 0.5) is 0 Å². The zero-order chi connectivity index (χ0) is 9.14. The van der Waals surface area contributed by atoms with Gasteiger partial charge in [0, 0.05) is 6.54 Å². The van der Waals surface area contributed by atoms with Gasteiger partial charge in [-0.1, -0.05) is 0 Å². The Balaban J connectivity index is 2.49. The number of Topliss-reactive ketones (excluding diaryl/α,β-unsaturated/α-hetero) is 1. The van der Waals surface area contributed by atoms with E-state index >= 15 is 0 Å². The minimum atomic E-state index is 0.0648. The summed E-state index contributed by atoms with van der Waals surface area (Å²) in [6, 6.07) is 0.0648. The predicted molar refractivity (Wildman–Crippen MR) is 49.1 cm³/mol. The minimum absolute atomic E-state index is 0.0648. The van der Waals surface area contributed by atoms with Crippen molar-refractivity contribution >= 4 is 5.78 Å². The van der Waals surface area contributed by atoms with E-state index in [1.54, 1.807) is 6.92 Å². The lowest BCUT2D eigenvalue weighted by atomic mass is 9.96. The first-order valence-corrected chi connectivity index (χ1v) is 4.51. The normalized spacial score (nSPS) is 27.4. The Morgan fingerprint density at radius 3 is 2.67 bits per heavy atom. The van der Waals surface area contributed by atoms with E-state index < -0.39 is 0 Å². The predicted octanol–water partition coefficient (Wildman–Crippen LogP) is 0.115. The SMILES string of the molecule is CNC(C(C)=O)C1CCN(C)C1. The van der Waals surface area contributed by atoms with Crippen molar-refractivity contribution in [1.29, 1.82) is 0 Å². The zero-order valence-corrected chi connectivity index (χ0v) is 8.13. The summed E-state index contributed by atoms with van der Waals surface area (Å²) in [6.07, 6.45) is 1.14. The molecule has 0 bridgehead atoms. The Bertz CT molecular complexity index is 170. The Kier molecular flexibility index (Phi) is 3.23. The van der Waals surface area contributed by atoms with Gasteiger partial charge in [0.25, 0.3) is 0 Å². The molecule has 12 heavy (non-hydrogen) atoms. The highest BCUT2D eigenvalue weighted by Crippen LogP contribution is 2.18. The van der Waals surface area contributed by atoms with Crippen molar-refractivity contribution in [2.75, 3.05) is 27.2 Å². The number of hydrogen-bond donors (Lipinski definition) is 1. The van der Waals surface area contributed by atoms with E-state index in [9.17, 15) is 4.79 Å². The lowest BCUT2D eigenvalue weighted by Crippen LogP contribution is -2.40. The number of nitrogens with zero attached hydrogens (tertiary/aromatic N) is 1. The molecule has 1 saturated heterocycles. The molecule has 3 heteroatoms. The van der Waals surface area contributed by atoms with E-state index in [1.165, 1.54) is 0 Å². The third-order valence-electron chi connectivity index (χ3n) is 2.65. The van der Waals surface area contributed by atoms with E-state index in [1.807, 2.05) is 7.05 Å². The highest BCUT2D eigenvalue weighted by atomic mass is 16.1. The van der Waals surface area contributed by atoms with E-state index in [-0.39, 0.29) is 11.8 Å². The molecular formula is C9H18N2O. The van der Waals surface area contributed by atoms with Crippen LogP contribution >= 0.6 is 0 Å². The largest absolute Gasteiger partial charge is 0.310 e. The number of carbonyl (C=O) groups is 1. The van der Waals surface area contributed by atoms with Crippen molar-refractivity contribution in [2.24, 2.45) is 5.92 Å². The fourth-order valence-electron chi connectivity index (χ4n) is 2.01. The number of rotatable bonds is 3. The van der Waals surface area contributed by atoms with Gasteiger partial charge in [-0.05, 0) is 39.9 Å². The van der Waals surface area contributed by atoms with Gasteiger partial charge in [-0.2, -0.15) is 0 Å². The molecule has 70 valence electrons. The standard InChI is InChI=1S/C9H18N2O/c1-7(12)9(10-2)8-4-5-11(3)6-8/h8-10H,4-6H2,1-3H3. The summed E-state index contributed by atoms with van der Waals surface area (Å²) in [5.74, 6) is 0.773. The van der Waals surface area contributed by atoms with E-state index in [2.05, 4.69) is 17.3 Å². The monoisotopic (exact) mass is 170 g/mol. The molecule has 0 amide bonds. The van der Waals surface area contributed by atoms with Crippen LogP contribution in [0.3, 0.4) is 0 Å². The molecule has 2 unspecified atom stereocenters. The van der Waals surface area contributed by atoms with Gasteiger partial charge < -0.3 is 10.2 Å². The van der Waals surface area contributed by atoms with Gasteiger partial charge in [-0.25, -0.2) is 0 Å². The van der Waals surface area contributed by atoms with Crippen LogP contribution in [0.2, 0.25) is 0 Å². The third kappa shape index (κ3) is 2.05. The first kappa shape index (κ1) is 9.68. The lowest BCUT2D eigenvalue weighted by molar-refractivity contribution is -0.120. The minimum Gasteiger partial charge on any atom is -0.310 e. The van der Waals surface area contributed by atoms with Gasteiger partial charge in [-0.15, -0.1) is 0 Å². The van der Waals surface area contributed by atoms with E-state index in [0.717, 1.165) is 19.5 Å². The Hall–Kier alpha value is -0.410. The van der Waals surface area contributed by atoms with Crippen LogP contribution < -0.4 is 5.32 Å². The number of nitrogens with one attached hydrogen (secondary N) is 1. The van der Waals surface area contributed by atoms with Crippen LogP contribution in [0.25, 0.3) is 0 Å². The number of hydrogen-bond acceptors (Lipinski definition) is 3. The van der Waals surface area contributed by atoms with Crippen molar-refractivity contribution in [2.45, 2.75) is 19.4 Å². The second-order valence-electron chi connectivity index (χ2n) is 3.69. The van der Waals surface area contributed by atoms with Gasteiger partial charge in [0.05, 0.1) is 6.04 Å². The van der Waals surface area contributed by atoms with Crippen LogP contribution in [0.5, 0.6) is 0 Å². The molecule has 0 radical (unpaired) electrons. The molecule has 0 aromatic carbocycles. The molecular weight excluding hydrogens is 152 g/mol. The highest BCUT2D eigenvalue weighted by molar-refractivity contribution is 5.81. The summed E-state index contributed by atoms with van der Waals surface area (Å²) in [5, 5.41) is 3.09.